The molecule has 12 heteroatoms. The second kappa shape index (κ2) is 11.0. The van der Waals surface area contributed by atoms with Gasteiger partial charge in [-0.25, -0.2) is 4.98 Å². The second-order valence-electron chi connectivity index (χ2n) is 8.60. The van der Waals surface area contributed by atoms with E-state index in [4.69, 9.17) is 40.1 Å². The Hall–Kier alpha value is -2.71. The molecule has 196 valence electrons. The second-order valence-corrected chi connectivity index (χ2v) is 10.5. The fourth-order valence-corrected chi connectivity index (χ4v) is 5.50. The molecule has 2 aliphatic rings. The number of rotatable bonds is 6. The van der Waals surface area contributed by atoms with Crippen LogP contribution in [0, 0.1) is 6.92 Å². The van der Waals surface area contributed by atoms with Gasteiger partial charge in [0.1, 0.15) is 18.5 Å². The van der Waals surface area contributed by atoms with Gasteiger partial charge >= 0.3 is 0 Å². The van der Waals surface area contributed by atoms with Crippen LogP contribution >= 0.6 is 12.2 Å². The molecule has 2 fully saturated rings. The predicted molar refractivity (Wildman–Crippen MR) is 134 cm³/mol. The summed E-state index contributed by atoms with van der Waals surface area (Å²) in [7, 11) is -2.84. The summed E-state index contributed by atoms with van der Waals surface area (Å²) in [5.74, 6) is 0. The highest BCUT2D eigenvalue weighted by atomic mass is 32.2. The zero-order chi connectivity index (χ0) is 26.0. The van der Waals surface area contributed by atoms with Gasteiger partial charge in [0.25, 0.3) is 15.3 Å². The van der Waals surface area contributed by atoms with E-state index in [2.05, 4.69) is 4.98 Å². The van der Waals surface area contributed by atoms with E-state index in [-0.39, 0.29) is 16.7 Å². The summed E-state index contributed by atoms with van der Waals surface area (Å²) < 4.78 is 63.6. The number of aromatic nitrogens is 2. The number of ether oxygens (including phenoxy) is 5. The molecule has 2 aromatic carbocycles. The van der Waals surface area contributed by atoms with Gasteiger partial charge in [-0.05, 0) is 31.3 Å². The first-order valence-corrected chi connectivity index (χ1v) is 13.4. The lowest BCUT2D eigenvalue weighted by molar-refractivity contribution is -0.352. The molecule has 2 aliphatic heterocycles. The summed E-state index contributed by atoms with van der Waals surface area (Å²) in [6, 6.07) is 15.7. The van der Waals surface area contributed by atoms with Gasteiger partial charge in [-0.1, -0.05) is 48.0 Å². The predicted octanol–water partition coefficient (Wildman–Crippen LogP) is 2.97. The quantitative estimate of drug-likeness (QED) is 0.338. The molecule has 0 N–H and O–H groups in total. The van der Waals surface area contributed by atoms with Crippen LogP contribution < -0.4 is 0 Å². The third-order valence-electron chi connectivity index (χ3n) is 6.09. The van der Waals surface area contributed by atoms with Crippen LogP contribution in [-0.4, -0.2) is 67.6 Å². The van der Waals surface area contributed by atoms with Crippen LogP contribution in [0.1, 0.15) is 17.4 Å². The van der Waals surface area contributed by atoms with E-state index < -0.39 is 47.1 Å². The molecule has 0 saturated carbocycles. The summed E-state index contributed by atoms with van der Waals surface area (Å²) in [5, 5.41) is 0.0330. The third kappa shape index (κ3) is 5.60. The summed E-state index contributed by atoms with van der Waals surface area (Å²) in [5.41, 5.74) is 1.70. The molecule has 1 aromatic heterocycles. The average Bonchev–Trinajstić information content (AvgIpc) is 3.45. The smallest absolute Gasteiger partial charge is 0.297 e. The van der Waals surface area contributed by atoms with E-state index in [0.717, 1.165) is 11.1 Å². The maximum absolute atomic E-state index is 13.3. The van der Waals surface area contributed by atoms with Crippen molar-refractivity contribution < 1.29 is 36.3 Å². The lowest BCUT2D eigenvalue weighted by Gasteiger charge is -2.48. The van der Waals surface area contributed by atoms with Crippen molar-refractivity contribution in [2.24, 2.45) is 0 Å². The number of nitrogens with zero attached hydrogens (tertiary/aromatic N) is 2. The number of imidazole rings is 1. The van der Waals surface area contributed by atoms with Gasteiger partial charge in [0.05, 0.1) is 11.5 Å². The summed E-state index contributed by atoms with van der Waals surface area (Å²) in [6.07, 6.45) is -0.931. The van der Waals surface area contributed by atoms with Crippen LogP contribution in [0.25, 0.3) is 0 Å². The maximum atomic E-state index is 13.3. The molecule has 0 spiro atoms. The number of hydrogen-bond acceptors (Lipinski definition) is 10. The number of benzene rings is 2. The molecule has 0 radical (unpaired) electrons. The summed E-state index contributed by atoms with van der Waals surface area (Å²) in [4.78, 5) is 3.98. The van der Waals surface area contributed by atoms with Crippen molar-refractivity contribution in [3.8, 4) is 0 Å². The van der Waals surface area contributed by atoms with Crippen LogP contribution in [0.2, 0.25) is 0 Å². The Morgan fingerprint density at radius 3 is 2.51 bits per heavy atom. The van der Waals surface area contributed by atoms with Crippen molar-refractivity contribution in [3.05, 3.63) is 84.4 Å². The molecule has 0 unspecified atom stereocenters. The van der Waals surface area contributed by atoms with Crippen LogP contribution in [0.5, 0.6) is 0 Å². The molecular formula is C25H26N2O8S2. The molecule has 2 saturated heterocycles. The molecule has 0 aliphatic carbocycles. The van der Waals surface area contributed by atoms with Crippen LogP contribution in [-0.2, 0) is 38.0 Å². The van der Waals surface area contributed by atoms with E-state index in [1.165, 1.54) is 30.1 Å². The largest absolute Gasteiger partial charge is 0.461 e. The van der Waals surface area contributed by atoms with Crippen molar-refractivity contribution >= 4 is 27.5 Å². The summed E-state index contributed by atoms with van der Waals surface area (Å²) in [6.45, 7) is 2.01. The fraction of sp³-hybridized carbons (Fsp3) is 0.360. The maximum Gasteiger partial charge on any atom is 0.297 e. The highest BCUT2D eigenvalue weighted by molar-refractivity contribution is 7.86. The molecule has 0 bridgehead atoms. The van der Waals surface area contributed by atoms with Gasteiger partial charge in [0.2, 0.25) is 0 Å². The number of methoxy groups -OCH3 is 1. The highest BCUT2D eigenvalue weighted by Gasteiger charge is 2.54. The number of fused-ring (bicyclic) bond motifs is 1. The molecule has 6 atom stereocenters. The Morgan fingerprint density at radius 2 is 1.84 bits per heavy atom. The van der Waals surface area contributed by atoms with Crippen molar-refractivity contribution in [1.82, 2.24) is 9.55 Å². The van der Waals surface area contributed by atoms with E-state index in [0.29, 0.717) is 0 Å². The first-order chi connectivity index (χ1) is 17.9. The van der Waals surface area contributed by atoms with Gasteiger partial charge in [0, 0.05) is 25.1 Å². The lowest BCUT2D eigenvalue weighted by Crippen LogP contribution is -2.64. The Kier molecular flexibility index (Phi) is 7.67. The zero-order valence-electron chi connectivity index (χ0n) is 20.1. The van der Waals surface area contributed by atoms with E-state index >= 15 is 0 Å². The lowest BCUT2D eigenvalue weighted by atomic mass is 9.97. The minimum atomic E-state index is -4.23. The number of thiocarbonyl (C=S) groups is 1. The number of aryl methyl sites for hydroxylation is 1. The first-order valence-electron chi connectivity index (χ1n) is 11.5. The van der Waals surface area contributed by atoms with Crippen LogP contribution in [0.15, 0.2) is 78.2 Å². The topological polar surface area (TPSA) is 107 Å². The van der Waals surface area contributed by atoms with Crippen molar-refractivity contribution in [3.63, 3.8) is 0 Å². The average molecular weight is 547 g/mol. The molecule has 10 nitrogen and oxygen atoms in total. The molecule has 3 heterocycles. The fourth-order valence-electron chi connectivity index (χ4n) is 4.20. The molecule has 0 amide bonds. The molecular weight excluding hydrogens is 520 g/mol. The monoisotopic (exact) mass is 546 g/mol. The Bertz CT molecular complexity index is 1300. The van der Waals surface area contributed by atoms with Gasteiger partial charge in [-0.15, -0.1) is 0 Å². The minimum absolute atomic E-state index is 0.0129. The van der Waals surface area contributed by atoms with E-state index in [1.807, 2.05) is 37.3 Å². The zero-order valence-corrected chi connectivity index (χ0v) is 21.7. The molecule has 5 rings (SSSR count). The van der Waals surface area contributed by atoms with Crippen LogP contribution in [0.3, 0.4) is 0 Å². The Balaban J connectivity index is 1.48. The van der Waals surface area contributed by atoms with E-state index in [9.17, 15) is 8.42 Å². The first kappa shape index (κ1) is 25.9. The molecule has 37 heavy (non-hydrogen) atoms. The van der Waals surface area contributed by atoms with Gasteiger partial charge in [0.15, 0.2) is 24.8 Å². The number of hydrogen-bond donors (Lipinski definition) is 0. The Morgan fingerprint density at radius 1 is 1.08 bits per heavy atom. The Labute approximate surface area is 220 Å². The third-order valence-corrected chi connectivity index (χ3v) is 7.72. The van der Waals surface area contributed by atoms with Crippen molar-refractivity contribution in [2.75, 3.05) is 13.7 Å². The molecule has 3 aromatic rings. The minimum Gasteiger partial charge on any atom is -0.461 e. The van der Waals surface area contributed by atoms with Crippen molar-refractivity contribution in [2.45, 2.75) is 48.8 Å². The van der Waals surface area contributed by atoms with Crippen molar-refractivity contribution in [1.29, 1.82) is 0 Å². The normalized spacial score (nSPS) is 27.8. The van der Waals surface area contributed by atoms with Gasteiger partial charge in [-0.3, -0.25) is 8.75 Å². The SMILES string of the molecule is CO[C@H]1O[C@@H]2CO[C@@H](c3ccccc3)O[C@H]2[C@H](OC(=S)n2ccnc2)[C@H]1OS(=O)(=O)c1ccc(C)cc1. The standard InChI is InChI=1S/C25H26N2O8S2/c1-16-8-10-18(11-9-16)37(28,29)35-22-21(34-25(36)27-13-12-26-15-27)20-19(32-24(22)30-2)14-31-23(33-20)17-6-4-3-5-7-17/h3-13,15,19-24H,14H2,1-2H3/t19-,20-,21+,22-,23-,24+/m1/s1. The summed E-state index contributed by atoms with van der Waals surface area (Å²) >= 11 is 5.48. The van der Waals surface area contributed by atoms with Gasteiger partial charge < -0.3 is 23.7 Å². The van der Waals surface area contributed by atoms with Crippen LogP contribution in [0.4, 0.5) is 0 Å². The van der Waals surface area contributed by atoms with E-state index in [1.54, 1.807) is 24.5 Å². The highest BCUT2D eigenvalue weighted by Crippen LogP contribution is 2.37. The van der Waals surface area contributed by atoms with Gasteiger partial charge in [-0.2, -0.15) is 8.42 Å².